The van der Waals surface area contributed by atoms with E-state index >= 15 is 0 Å². The van der Waals surface area contributed by atoms with Gasteiger partial charge in [-0.3, -0.25) is 0 Å². The Hall–Kier alpha value is -12.6. The molecule has 0 spiro atoms. The van der Waals surface area contributed by atoms with Crippen molar-refractivity contribution in [3.63, 3.8) is 0 Å². The maximum Gasteiger partial charge on any atom is 0.252 e. The molecular weight excluding hydrogens is 1360 g/mol. The van der Waals surface area contributed by atoms with Crippen LogP contribution in [0.3, 0.4) is 0 Å². The average Bonchev–Trinajstić information content (AvgIpc) is 0.949. The number of nitrogens with zero attached hydrogens (tertiary/aromatic N) is 3. The molecule has 0 atom stereocenters. The summed E-state index contributed by atoms with van der Waals surface area (Å²) in [5.74, 6) is 0. The molecule has 0 radical (unpaired) electrons. The van der Waals surface area contributed by atoms with Crippen molar-refractivity contribution >= 4 is 123 Å². The number of rotatable bonds is 9. The van der Waals surface area contributed by atoms with Crippen molar-refractivity contribution in [2.24, 2.45) is 0 Å². The van der Waals surface area contributed by atoms with Crippen molar-refractivity contribution in [2.45, 2.75) is 105 Å². The first kappa shape index (κ1) is 68.6. The predicted octanol–water partition coefficient (Wildman–Crippen LogP) is 27.9. The van der Waals surface area contributed by atoms with Gasteiger partial charge in [-0.05, 0) is 165 Å². The van der Waals surface area contributed by atoms with Crippen LogP contribution in [0.1, 0.15) is 105 Å². The zero-order valence-electron chi connectivity index (χ0n) is 65.8. The molecule has 0 saturated heterocycles. The van der Waals surface area contributed by atoms with E-state index in [-0.39, 0.29) is 28.4 Å². The second-order valence-corrected chi connectivity index (χ2v) is 35.2. The summed E-state index contributed by atoms with van der Waals surface area (Å²) in [5, 5.41) is 6.77. The van der Waals surface area contributed by atoms with Crippen molar-refractivity contribution < 1.29 is 8.83 Å². The lowest BCUT2D eigenvalue weighted by molar-refractivity contribution is 0.590. The van der Waals surface area contributed by atoms with Crippen molar-refractivity contribution in [3.05, 3.63) is 338 Å². The van der Waals surface area contributed by atoms with Crippen molar-refractivity contribution in [1.82, 2.24) is 4.57 Å². The maximum atomic E-state index is 6.78. The minimum Gasteiger partial charge on any atom is -0.456 e. The van der Waals surface area contributed by atoms with E-state index in [1.165, 1.54) is 49.4 Å². The number of hydrogen-bond donors (Lipinski definition) is 0. The molecule has 0 unspecified atom stereocenters. The minimum absolute atomic E-state index is 0.0684. The Balaban J connectivity index is 0.981. The van der Waals surface area contributed by atoms with E-state index in [1.807, 2.05) is 0 Å². The molecule has 0 fully saturated rings. The molecule has 15 aromatic carbocycles. The monoisotopic (exact) mass is 1450 g/mol. The van der Waals surface area contributed by atoms with Gasteiger partial charge in [-0.25, -0.2) is 0 Å². The number of hydrogen-bond acceptors (Lipinski definition) is 4. The fraction of sp³-hybridized carbons (Fsp3) is 0.151. The van der Waals surface area contributed by atoms with Gasteiger partial charge in [0, 0.05) is 77.3 Å². The Morgan fingerprint density at radius 3 is 0.893 bits per heavy atom. The molecule has 2 aliphatic rings. The molecule has 0 saturated carbocycles. The van der Waals surface area contributed by atoms with Gasteiger partial charge in [-0.2, -0.15) is 0 Å². The quantitative estimate of drug-likeness (QED) is 0.135. The van der Waals surface area contributed by atoms with Crippen LogP contribution >= 0.6 is 0 Å². The number of para-hydroxylation sites is 6. The fourth-order valence-electron chi connectivity index (χ4n) is 18.3. The zero-order chi connectivity index (χ0) is 76.4. The lowest BCUT2D eigenvalue weighted by Gasteiger charge is -2.46. The fourth-order valence-corrected chi connectivity index (χ4v) is 18.3. The summed E-state index contributed by atoms with van der Waals surface area (Å²) in [6.07, 6.45) is 0. The number of furan rings is 2. The molecule has 112 heavy (non-hydrogen) atoms. The van der Waals surface area contributed by atoms with E-state index in [4.69, 9.17) is 8.83 Å². The number of anilines is 6. The number of fused-ring (bicyclic) bond motifs is 13. The Morgan fingerprint density at radius 2 is 0.545 bits per heavy atom. The highest BCUT2D eigenvalue weighted by Gasteiger charge is 2.46. The molecule has 5 heterocycles. The second-order valence-electron chi connectivity index (χ2n) is 35.2. The summed E-state index contributed by atoms with van der Waals surface area (Å²) >= 11 is 0. The molecule has 18 aromatic rings. The maximum absolute atomic E-state index is 6.78. The number of benzene rings is 15. The first-order chi connectivity index (χ1) is 54.1. The SMILES string of the molecule is CC(C)(C)c1ccc(-c2cccc(-c3ccc(C(C)(C)C)cc3)c2N2c3ccc(-c4cccc5oc6ccccc6c45)cc3B3c4cc(-c5cccc6oc7ccccc7c56)ccc4N(c4c(-c5ccc(C(C)(C)C)cc5)cccc4-c4ccc(C(C)(C)C)cc4)c4cc(-n5c6ccccc6c6ccccc65)cc2c43)cc1. The lowest BCUT2D eigenvalue weighted by atomic mass is 9.33. The highest BCUT2D eigenvalue weighted by Crippen LogP contribution is 2.55. The van der Waals surface area contributed by atoms with E-state index in [1.54, 1.807) is 0 Å². The third-order valence-electron chi connectivity index (χ3n) is 24.1. The van der Waals surface area contributed by atoms with Crippen molar-refractivity contribution in [1.29, 1.82) is 0 Å². The molecule has 6 heteroatoms. The van der Waals surface area contributed by atoms with Crippen molar-refractivity contribution in [3.8, 4) is 72.4 Å². The summed E-state index contributed by atoms with van der Waals surface area (Å²) in [6.45, 7) is 27.4. The van der Waals surface area contributed by atoms with Crippen LogP contribution in [-0.2, 0) is 21.7 Å². The molecule has 542 valence electrons. The van der Waals surface area contributed by atoms with Gasteiger partial charge in [-0.1, -0.05) is 338 Å². The minimum atomic E-state index is -0.365. The van der Waals surface area contributed by atoms with Crippen LogP contribution in [0.15, 0.2) is 324 Å². The summed E-state index contributed by atoms with van der Waals surface area (Å²) in [5.41, 5.74) is 35.2. The van der Waals surface area contributed by atoms with Crippen LogP contribution in [-0.4, -0.2) is 11.3 Å². The second kappa shape index (κ2) is 25.5. The third kappa shape index (κ3) is 11.1. The molecule has 0 N–H and O–H groups in total. The Morgan fingerprint density at radius 1 is 0.250 bits per heavy atom. The molecule has 20 rings (SSSR count). The van der Waals surface area contributed by atoms with E-state index in [0.717, 1.165) is 161 Å². The highest BCUT2D eigenvalue weighted by atomic mass is 16.3. The molecule has 2 aliphatic heterocycles. The largest absolute Gasteiger partial charge is 0.456 e. The van der Waals surface area contributed by atoms with E-state index in [0.29, 0.717) is 0 Å². The van der Waals surface area contributed by atoms with Gasteiger partial charge in [0.2, 0.25) is 0 Å². The summed E-state index contributed by atoms with van der Waals surface area (Å²) in [4.78, 5) is 5.41. The van der Waals surface area contributed by atoms with Crippen LogP contribution in [0, 0.1) is 0 Å². The summed E-state index contributed by atoms with van der Waals surface area (Å²) in [7, 11) is 0. The van der Waals surface area contributed by atoms with Crippen LogP contribution in [0.2, 0.25) is 0 Å². The predicted molar refractivity (Wildman–Crippen MR) is 477 cm³/mol. The van der Waals surface area contributed by atoms with Gasteiger partial charge in [0.05, 0.1) is 28.1 Å². The molecule has 0 amide bonds. The third-order valence-corrected chi connectivity index (χ3v) is 24.1. The standard InChI is InChI=1S/C106H88BN3O2/c1-103(2,3)71-51-41-65(42-52-71)78-31-21-32-79(66-43-53-72(54-44-66)104(4,5)6)101(78)109-90-59-49-69(76-29-23-39-96-98(76)84-27-15-19-37-94(84)111-96)61-86(90)107-87-62-70(77-30-24-40-97-99(77)85-28-16-20-38-95(85)112-97)50-60-91(87)110(93-64-75(63-92(109)100(93)107)108-88-35-17-13-25-82(88)83-26-14-18-36-89(83)108)102-80(67-45-55-73(56-46-67)105(7,8)9)33-22-34-81(102)68-47-57-74(58-48-68)106(10,11)12/h13-64H,1-12H3. The Kier molecular flexibility index (Phi) is 15.6. The highest BCUT2D eigenvalue weighted by molar-refractivity contribution is 7.00. The first-order valence-corrected chi connectivity index (χ1v) is 39.6. The van der Waals surface area contributed by atoms with Gasteiger partial charge in [-0.15, -0.1) is 0 Å². The van der Waals surface area contributed by atoms with Crippen LogP contribution in [0.5, 0.6) is 0 Å². The van der Waals surface area contributed by atoms with Gasteiger partial charge < -0.3 is 23.2 Å². The average molecular weight is 1450 g/mol. The molecule has 5 nitrogen and oxygen atoms in total. The van der Waals surface area contributed by atoms with Gasteiger partial charge in [0.15, 0.2) is 0 Å². The van der Waals surface area contributed by atoms with Crippen LogP contribution < -0.4 is 26.2 Å². The topological polar surface area (TPSA) is 37.7 Å². The molecule has 0 bridgehead atoms. The van der Waals surface area contributed by atoms with Gasteiger partial charge in [0.1, 0.15) is 22.3 Å². The van der Waals surface area contributed by atoms with E-state index < -0.39 is 0 Å². The first-order valence-electron chi connectivity index (χ1n) is 39.6. The van der Waals surface area contributed by atoms with Crippen LogP contribution in [0.4, 0.5) is 34.1 Å². The summed E-state index contributed by atoms with van der Waals surface area (Å²) < 4.78 is 16.1. The smallest absolute Gasteiger partial charge is 0.252 e. The zero-order valence-corrected chi connectivity index (χ0v) is 65.8. The Labute approximate surface area is 656 Å². The molecule has 3 aromatic heterocycles. The summed E-state index contributed by atoms with van der Waals surface area (Å²) in [6, 6.07) is 120. The lowest BCUT2D eigenvalue weighted by Crippen LogP contribution is -2.61. The normalized spacial score (nSPS) is 13.1. The van der Waals surface area contributed by atoms with E-state index in [2.05, 4.69) is 413 Å². The van der Waals surface area contributed by atoms with Gasteiger partial charge >= 0.3 is 0 Å². The van der Waals surface area contributed by atoms with Crippen molar-refractivity contribution in [2.75, 3.05) is 9.80 Å². The van der Waals surface area contributed by atoms with E-state index in [9.17, 15) is 0 Å². The van der Waals surface area contributed by atoms with Crippen LogP contribution in [0.25, 0.3) is 138 Å². The molecule has 0 aliphatic carbocycles. The molecular formula is C106H88BN3O2. The number of aromatic nitrogens is 1. The van der Waals surface area contributed by atoms with Gasteiger partial charge in [0.25, 0.3) is 6.71 Å². The Bertz CT molecular complexity index is 6280.